The summed E-state index contributed by atoms with van der Waals surface area (Å²) in [5.41, 5.74) is 14.2. The molecule has 3 rings (SSSR count). The number of hydrogen-bond acceptors (Lipinski definition) is 6. The van der Waals surface area contributed by atoms with Gasteiger partial charge in [-0.05, 0) is 26.2 Å². The number of aromatic nitrogens is 1. The molecule has 22 heavy (non-hydrogen) atoms. The lowest BCUT2D eigenvalue weighted by atomic mass is 10.0. The number of hydrogen-bond donors (Lipinski definition) is 3. The highest BCUT2D eigenvalue weighted by Gasteiger charge is 2.27. The maximum atomic E-state index is 6.05. The minimum Gasteiger partial charge on any atom is -0.381 e. The van der Waals surface area contributed by atoms with E-state index >= 15 is 0 Å². The van der Waals surface area contributed by atoms with E-state index in [-0.39, 0.29) is 0 Å². The van der Waals surface area contributed by atoms with Crippen LogP contribution >= 0.6 is 0 Å². The Morgan fingerprint density at radius 1 is 1.36 bits per heavy atom. The Labute approximate surface area is 132 Å². The highest BCUT2D eigenvalue weighted by molar-refractivity contribution is 5.70. The van der Waals surface area contributed by atoms with Crippen LogP contribution < -0.4 is 21.5 Å². The summed E-state index contributed by atoms with van der Waals surface area (Å²) in [7, 11) is 0. The lowest BCUT2D eigenvalue weighted by Crippen LogP contribution is -2.32. The first-order chi connectivity index (χ1) is 10.8. The van der Waals surface area contributed by atoms with E-state index in [1.165, 1.54) is 16.8 Å². The third-order valence-electron chi connectivity index (χ3n) is 4.59. The lowest BCUT2D eigenvalue weighted by Gasteiger charge is -2.27. The van der Waals surface area contributed by atoms with Crippen molar-refractivity contribution in [3.63, 3.8) is 0 Å². The number of ether oxygens (including phenoxy) is 1. The first-order valence-electron chi connectivity index (χ1n) is 8.38. The fourth-order valence-corrected chi connectivity index (χ4v) is 3.34. The zero-order chi connectivity index (χ0) is 15.5. The van der Waals surface area contributed by atoms with Gasteiger partial charge in [-0.25, -0.2) is 10.4 Å². The zero-order valence-corrected chi connectivity index (χ0v) is 13.6. The van der Waals surface area contributed by atoms with Crippen LogP contribution in [-0.4, -0.2) is 30.8 Å². The van der Waals surface area contributed by atoms with Crippen molar-refractivity contribution < 1.29 is 4.74 Å². The summed E-state index contributed by atoms with van der Waals surface area (Å²) in [4.78, 5) is 4.87. The van der Waals surface area contributed by atoms with Crippen LogP contribution in [-0.2, 0) is 24.2 Å². The van der Waals surface area contributed by atoms with Crippen LogP contribution in [0.2, 0.25) is 0 Å². The summed E-state index contributed by atoms with van der Waals surface area (Å²) in [5.74, 6) is 1.06. The molecule has 1 saturated heterocycles. The van der Waals surface area contributed by atoms with Crippen molar-refractivity contribution in [2.75, 3.05) is 30.1 Å². The number of rotatable bonds is 5. The van der Waals surface area contributed by atoms with Crippen LogP contribution in [0.15, 0.2) is 0 Å². The van der Waals surface area contributed by atoms with E-state index in [9.17, 15) is 0 Å². The van der Waals surface area contributed by atoms with E-state index in [0.29, 0.717) is 12.6 Å². The molecule has 4 N–H and O–H groups in total. The van der Waals surface area contributed by atoms with Crippen molar-refractivity contribution >= 4 is 11.5 Å². The Balaban J connectivity index is 1.99. The predicted octanol–water partition coefficient (Wildman–Crippen LogP) is 1.54. The number of pyridine rings is 1. The number of anilines is 2. The first-order valence-corrected chi connectivity index (χ1v) is 8.38. The summed E-state index contributed by atoms with van der Waals surface area (Å²) in [6.45, 7) is 8.20. The highest BCUT2D eigenvalue weighted by Crippen LogP contribution is 2.35. The Kier molecular flexibility index (Phi) is 4.81. The molecule has 0 saturated carbocycles. The zero-order valence-electron chi connectivity index (χ0n) is 13.6. The number of hydrazine groups is 1. The molecule has 6 heteroatoms. The van der Waals surface area contributed by atoms with Crippen molar-refractivity contribution in [3.8, 4) is 0 Å². The SMILES string of the molecule is CCc1nc2c(c(NC3CCOCC3)c1CN)CNN2CC. The van der Waals surface area contributed by atoms with Gasteiger partial charge in [0.15, 0.2) is 0 Å². The number of nitrogens with one attached hydrogen (secondary N) is 2. The molecule has 0 spiro atoms. The fourth-order valence-electron chi connectivity index (χ4n) is 3.34. The van der Waals surface area contributed by atoms with Gasteiger partial charge < -0.3 is 15.8 Å². The van der Waals surface area contributed by atoms with Crippen molar-refractivity contribution in [2.24, 2.45) is 5.73 Å². The summed E-state index contributed by atoms with van der Waals surface area (Å²) in [6.07, 6.45) is 3.00. The van der Waals surface area contributed by atoms with Crippen molar-refractivity contribution in [3.05, 3.63) is 16.8 Å². The molecule has 1 fully saturated rings. The molecule has 122 valence electrons. The Bertz CT molecular complexity index is 528. The van der Waals surface area contributed by atoms with Crippen LogP contribution in [0.1, 0.15) is 43.5 Å². The maximum absolute atomic E-state index is 6.05. The summed E-state index contributed by atoms with van der Waals surface area (Å²) in [5, 5.41) is 5.88. The Hall–Kier alpha value is -1.37. The Morgan fingerprint density at radius 3 is 2.77 bits per heavy atom. The minimum absolute atomic E-state index is 0.464. The standard InChI is InChI=1S/C16H27N5O/c1-3-14-12(9-17)15(19-11-5-7-22-8-6-11)13-10-18-21(4-2)16(13)20-14/h11,18H,3-10,17H2,1-2H3,(H,19,20). The molecule has 0 aromatic carbocycles. The predicted molar refractivity (Wildman–Crippen MR) is 88.8 cm³/mol. The van der Waals surface area contributed by atoms with Crippen molar-refractivity contribution in [2.45, 2.75) is 52.2 Å². The molecule has 0 radical (unpaired) electrons. The topological polar surface area (TPSA) is 75.4 Å². The molecule has 0 aliphatic carbocycles. The molecule has 2 aliphatic heterocycles. The lowest BCUT2D eigenvalue weighted by molar-refractivity contribution is 0.0904. The van der Waals surface area contributed by atoms with E-state index in [0.717, 1.165) is 57.1 Å². The third kappa shape index (κ3) is 2.78. The van der Waals surface area contributed by atoms with E-state index in [2.05, 4.69) is 29.6 Å². The van der Waals surface area contributed by atoms with Gasteiger partial charge in [0.1, 0.15) is 5.82 Å². The highest BCUT2D eigenvalue weighted by atomic mass is 16.5. The van der Waals surface area contributed by atoms with E-state index < -0.39 is 0 Å². The average molecular weight is 305 g/mol. The van der Waals surface area contributed by atoms with Crippen LogP contribution in [0.3, 0.4) is 0 Å². The number of aryl methyl sites for hydroxylation is 1. The summed E-state index contributed by atoms with van der Waals surface area (Å²) in [6, 6.07) is 0.464. The average Bonchev–Trinajstić information content (AvgIpc) is 2.98. The summed E-state index contributed by atoms with van der Waals surface area (Å²) >= 11 is 0. The second-order valence-corrected chi connectivity index (χ2v) is 5.88. The maximum Gasteiger partial charge on any atom is 0.149 e. The van der Waals surface area contributed by atoms with Gasteiger partial charge >= 0.3 is 0 Å². The molecule has 0 bridgehead atoms. The van der Waals surface area contributed by atoms with Crippen LogP contribution in [0, 0.1) is 0 Å². The minimum atomic E-state index is 0.464. The normalized spacial score (nSPS) is 18.6. The third-order valence-corrected chi connectivity index (χ3v) is 4.59. The molecule has 1 aromatic rings. The van der Waals surface area contributed by atoms with E-state index in [4.69, 9.17) is 15.5 Å². The van der Waals surface area contributed by atoms with Gasteiger partial charge in [-0.1, -0.05) is 6.92 Å². The number of fused-ring (bicyclic) bond motifs is 1. The van der Waals surface area contributed by atoms with Crippen LogP contribution in [0.4, 0.5) is 11.5 Å². The molecule has 3 heterocycles. The Morgan fingerprint density at radius 2 is 2.14 bits per heavy atom. The second-order valence-electron chi connectivity index (χ2n) is 5.88. The summed E-state index contributed by atoms with van der Waals surface area (Å²) < 4.78 is 5.47. The van der Waals surface area contributed by atoms with Crippen molar-refractivity contribution in [1.29, 1.82) is 0 Å². The van der Waals surface area contributed by atoms with Gasteiger partial charge in [-0.15, -0.1) is 0 Å². The quantitative estimate of drug-likeness (QED) is 0.766. The molecular weight excluding hydrogens is 278 g/mol. The monoisotopic (exact) mass is 305 g/mol. The van der Waals surface area contributed by atoms with Gasteiger partial charge in [0.25, 0.3) is 0 Å². The second kappa shape index (κ2) is 6.81. The van der Waals surface area contributed by atoms with Gasteiger partial charge in [-0.3, -0.25) is 5.01 Å². The number of nitrogens with zero attached hydrogens (tertiary/aromatic N) is 2. The molecule has 2 aliphatic rings. The van der Waals surface area contributed by atoms with E-state index in [1.807, 2.05) is 0 Å². The molecule has 0 unspecified atom stereocenters. The van der Waals surface area contributed by atoms with Gasteiger partial charge in [0.05, 0.1) is 0 Å². The van der Waals surface area contributed by atoms with Gasteiger partial charge in [0.2, 0.25) is 0 Å². The van der Waals surface area contributed by atoms with Crippen LogP contribution in [0.25, 0.3) is 0 Å². The van der Waals surface area contributed by atoms with Gasteiger partial charge in [0, 0.05) is 61.4 Å². The van der Waals surface area contributed by atoms with Crippen LogP contribution in [0.5, 0.6) is 0 Å². The fraction of sp³-hybridized carbons (Fsp3) is 0.688. The number of nitrogens with two attached hydrogens (primary N) is 1. The molecule has 1 aromatic heterocycles. The first kappa shape index (κ1) is 15.5. The molecule has 0 amide bonds. The largest absolute Gasteiger partial charge is 0.381 e. The smallest absolute Gasteiger partial charge is 0.149 e. The van der Waals surface area contributed by atoms with E-state index in [1.54, 1.807) is 0 Å². The van der Waals surface area contributed by atoms with Crippen molar-refractivity contribution in [1.82, 2.24) is 10.4 Å². The molecular formula is C16H27N5O. The molecule has 0 atom stereocenters. The molecule has 6 nitrogen and oxygen atoms in total. The van der Waals surface area contributed by atoms with Gasteiger partial charge in [-0.2, -0.15) is 0 Å².